The molecule has 154 valence electrons. The molecule has 5 nitrogen and oxygen atoms in total. The summed E-state index contributed by atoms with van der Waals surface area (Å²) >= 11 is 5.97. The monoisotopic (exact) mass is 431 g/mol. The molecule has 2 aliphatic rings. The minimum Gasteiger partial charge on any atom is -0.422 e. The number of benzene rings is 3. The van der Waals surface area contributed by atoms with Crippen LogP contribution in [-0.2, 0) is 16.0 Å². The predicted molar refractivity (Wildman–Crippen MR) is 118 cm³/mol. The summed E-state index contributed by atoms with van der Waals surface area (Å²) < 4.78 is 11.1. The zero-order chi connectivity index (χ0) is 21.9. The maximum Gasteiger partial charge on any atom is 0.344 e. The Hall–Kier alpha value is -3.57. The first-order valence-corrected chi connectivity index (χ1v) is 10.3. The van der Waals surface area contributed by atoms with Gasteiger partial charge in [-0.05, 0) is 72.0 Å². The molecule has 6 heteroatoms. The van der Waals surface area contributed by atoms with Gasteiger partial charge in [-0.1, -0.05) is 30.7 Å². The number of ether oxygens (including phenoxy) is 2. The van der Waals surface area contributed by atoms with Crippen molar-refractivity contribution in [3.63, 3.8) is 0 Å². The van der Waals surface area contributed by atoms with Gasteiger partial charge in [-0.3, -0.25) is 0 Å². The van der Waals surface area contributed by atoms with Gasteiger partial charge < -0.3 is 15.2 Å². The lowest BCUT2D eigenvalue weighted by Crippen LogP contribution is -2.11. The third-order valence-electron chi connectivity index (χ3n) is 5.71. The highest BCUT2D eigenvalue weighted by Crippen LogP contribution is 2.30. The first-order valence-electron chi connectivity index (χ1n) is 9.89. The number of carbonyl (C=O) groups is 2. The van der Waals surface area contributed by atoms with Crippen LogP contribution >= 0.6 is 11.6 Å². The van der Waals surface area contributed by atoms with Crippen LogP contribution in [0.2, 0.25) is 5.02 Å². The number of esters is 2. The quantitative estimate of drug-likeness (QED) is 0.392. The summed E-state index contributed by atoms with van der Waals surface area (Å²) in [7, 11) is 0. The molecule has 0 saturated heterocycles. The van der Waals surface area contributed by atoms with Gasteiger partial charge in [0.1, 0.15) is 11.5 Å². The van der Waals surface area contributed by atoms with E-state index in [1.54, 1.807) is 36.4 Å². The first-order chi connectivity index (χ1) is 14.9. The Morgan fingerprint density at radius 2 is 1.39 bits per heavy atom. The molecule has 0 aromatic heterocycles. The summed E-state index contributed by atoms with van der Waals surface area (Å²) in [6.45, 7) is 3.93. The molecule has 0 atom stereocenters. The molecule has 0 bridgehead atoms. The van der Waals surface area contributed by atoms with Crippen LogP contribution in [0.3, 0.4) is 0 Å². The molecule has 0 fully saturated rings. The molecular formula is C25H18ClNO4. The van der Waals surface area contributed by atoms with Crippen LogP contribution in [0.25, 0.3) is 11.1 Å². The second-order valence-corrected chi connectivity index (χ2v) is 8.04. The van der Waals surface area contributed by atoms with Gasteiger partial charge in [0.2, 0.25) is 0 Å². The third kappa shape index (κ3) is 3.01. The van der Waals surface area contributed by atoms with Crippen LogP contribution in [0, 0.1) is 6.92 Å². The van der Waals surface area contributed by atoms with E-state index in [1.165, 1.54) is 0 Å². The molecule has 0 amide bonds. The van der Waals surface area contributed by atoms with Crippen molar-refractivity contribution in [2.24, 2.45) is 0 Å². The Morgan fingerprint density at radius 1 is 0.839 bits per heavy atom. The number of rotatable bonds is 3. The van der Waals surface area contributed by atoms with E-state index in [-0.39, 0.29) is 0 Å². The summed E-state index contributed by atoms with van der Waals surface area (Å²) in [6.07, 6.45) is 0.747. The summed E-state index contributed by atoms with van der Waals surface area (Å²) in [5.41, 5.74) is 11.0. The van der Waals surface area contributed by atoms with Crippen molar-refractivity contribution in [2.45, 2.75) is 20.3 Å². The van der Waals surface area contributed by atoms with Gasteiger partial charge in [0.05, 0.1) is 11.1 Å². The van der Waals surface area contributed by atoms with Crippen LogP contribution in [0.15, 0.2) is 48.5 Å². The normalized spacial score (nSPS) is 14.4. The smallest absolute Gasteiger partial charge is 0.344 e. The Balaban J connectivity index is 1.76. The fourth-order valence-corrected chi connectivity index (χ4v) is 4.24. The van der Waals surface area contributed by atoms with Crippen LogP contribution in [-0.4, -0.2) is 11.9 Å². The van der Waals surface area contributed by atoms with E-state index < -0.39 is 11.9 Å². The average Bonchev–Trinajstić information content (AvgIpc) is 3.23. The molecule has 2 heterocycles. The highest BCUT2D eigenvalue weighted by Gasteiger charge is 2.30. The van der Waals surface area contributed by atoms with Gasteiger partial charge in [-0.2, -0.15) is 0 Å². The topological polar surface area (TPSA) is 78.6 Å². The maximum atomic E-state index is 12.8. The number of hydrogen-bond acceptors (Lipinski definition) is 5. The van der Waals surface area contributed by atoms with Gasteiger partial charge in [0.25, 0.3) is 0 Å². The molecular weight excluding hydrogens is 414 g/mol. The standard InChI is InChI=1S/C25H18ClNO4/c1-3-13-9-15(8-12(2)23(13)27)22-18-11-19-17(10-20(18)31-25(22)29)21(24(28)30-19)14-4-6-16(26)7-5-14/h4-11H,3,27H2,1-2H3. The lowest BCUT2D eigenvalue weighted by Gasteiger charge is -2.10. The van der Waals surface area contributed by atoms with Crippen LogP contribution in [0.1, 0.15) is 29.2 Å². The first kappa shape index (κ1) is 19.4. The van der Waals surface area contributed by atoms with Crippen molar-refractivity contribution in [2.75, 3.05) is 5.73 Å². The van der Waals surface area contributed by atoms with E-state index in [0.29, 0.717) is 43.7 Å². The van der Waals surface area contributed by atoms with E-state index in [4.69, 9.17) is 26.8 Å². The molecule has 0 unspecified atom stereocenters. The fourth-order valence-electron chi connectivity index (χ4n) is 4.11. The molecule has 2 aliphatic heterocycles. The molecule has 3 aromatic rings. The molecule has 0 spiro atoms. The van der Waals surface area contributed by atoms with Crippen molar-refractivity contribution >= 4 is 40.4 Å². The zero-order valence-corrected chi connectivity index (χ0v) is 17.7. The Kier molecular flexibility index (Phi) is 4.38. The number of aryl methyl sites for hydroxylation is 2. The van der Waals surface area contributed by atoms with E-state index in [9.17, 15) is 9.59 Å². The molecule has 0 saturated carbocycles. The number of nitrogen functional groups attached to an aromatic ring is 1. The van der Waals surface area contributed by atoms with Crippen molar-refractivity contribution in [3.05, 3.63) is 86.2 Å². The second-order valence-electron chi connectivity index (χ2n) is 7.60. The van der Waals surface area contributed by atoms with Gasteiger partial charge in [-0.25, -0.2) is 9.59 Å². The molecule has 5 rings (SSSR count). The number of nitrogens with two attached hydrogens (primary N) is 1. The van der Waals surface area contributed by atoms with Crippen LogP contribution in [0.5, 0.6) is 11.5 Å². The molecule has 0 aliphatic carbocycles. The maximum absolute atomic E-state index is 12.8. The van der Waals surface area contributed by atoms with E-state index in [0.717, 1.165) is 28.8 Å². The lowest BCUT2D eigenvalue weighted by molar-refractivity contribution is -0.128. The summed E-state index contributed by atoms with van der Waals surface area (Å²) in [5.74, 6) is -0.0989. The predicted octanol–water partition coefficient (Wildman–Crippen LogP) is 3.03. The Labute approximate surface area is 183 Å². The largest absolute Gasteiger partial charge is 0.422 e. The Morgan fingerprint density at radius 3 is 1.94 bits per heavy atom. The number of carbonyl (C=O) groups excluding carboxylic acids is 2. The van der Waals surface area contributed by atoms with Gasteiger partial charge in [-0.15, -0.1) is 0 Å². The van der Waals surface area contributed by atoms with Crippen molar-refractivity contribution in [1.29, 1.82) is 0 Å². The minimum absolute atomic E-state index is 0.396. The van der Waals surface area contributed by atoms with E-state index >= 15 is 0 Å². The van der Waals surface area contributed by atoms with Gasteiger partial charge >= 0.3 is 11.9 Å². The number of fused-ring (bicyclic) bond motifs is 2. The summed E-state index contributed by atoms with van der Waals surface area (Å²) in [6, 6.07) is 14.1. The molecule has 0 radical (unpaired) electrons. The number of anilines is 1. The van der Waals surface area contributed by atoms with E-state index in [1.807, 2.05) is 26.0 Å². The second kappa shape index (κ2) is 7.00. The highest BCUT2D eigenvalue weighted by molar-refractivity contribution is 6.30. The molecule has 31 heavy (non-hydrogen) atoms. The fraction of sp³-hybridized carbons (Fsp3) is 0.120. The van der Waals surface area contributed by atoms with Crippen molar-refractivity contribution in [1.82, 2.24) is 0 Å². The lowest BCUT2D eigenvalue weighted by atomic mass is 9.96. The average molecular weight is 432 g/mol. The van der Waals surface area contributed by atoms with Crippen LogP contribution in [0.4, 0.5) is 5.69 Å². The van der Waals surface area contributed by atoms with Gasteiger partial charge in [0.15, 0.2) is 0 Å². The highest BCUT2D eigenvalue weighted by atomic mass is 35.5. The zero-order valence-electron chi connectivity index (χ0n) is 16.9. The van der Waals surface area contributed by atoms with Crippen molar-refractivity contribution in [3.8, 4) is 11.5 Å². The summed E-state index contributed by atoms with van der Waals surface area (Å²) in [4.78, 5) is 25.4. The third-order valence-corrected chi connectivity index (χ3v) is 5.96. The minimum atomic E-state index is -0.453. The number of halogens is 1. The number of hydrogen-bond donors (Lipinski definition) is 1. The molecule has 2 N–H and O–H groups in total. The SMILES string of the molecule is CCc1cc(C2=c3cc4c(cc3OC2=O)=C(c2ccc(Cl)cc2)C(=O)O4)cc(C)c1N. The molecule has 3 aromatic carbocycles. The van der Waals surface area contributed by atoms with Gasteiger partial charge in [0, 0.05) is 21.1 Å². The summed E-state index contributed by atoms with van der Waals surface area (Å²) in [5, 5.41) is 1.76. The Bertz CT molecular complexity index is 1420. The van der Waals surface area contributed by atoms with Crippen molar-refractivity contribution < 1.29 is 19.1 Å². The van der Waals surface area contributed by atoms with E-state index in [2.05, 4.69) is 0 Å². The van der Waals surface area contributed by atoms with Crippen LogP contribution < -0.4 is 25.6 Å².